The Bertz CT molecular complexity index is 1010. The minimum absolute atomic E-state index is 0.281. The summed E-state index contributed by atoms with van der Waals surface area (Å²) < 4.78 is 0. The van der Waals surface area contributed by atoms with Gasteiger partial charge in [-0.3, -0.25) is 0 Å². The number of nitrogen functional groups attached to an aromatic ring is 1. The van der Waals surface area contributed by atoms with E-state index in [1.807, 2.05) is 0 Å². The van der Waals surface area contributed by atoms with Crippen molar-refractivity contribution < 1.29 is 0 Å². The second-order valence-corrected chi connectivity index (χ2v) is 9.74. The highest BCUT2D eigenvalue weighted by molar-refractivity contribution is 8.03. The summed E-state index contributed by atoms with van der Waals surface area (Å²) in [5.74, 6) is 0.782. The molecule has 8 heteroatoms. The van der Waals surface area contributed by atoms with Crippen LogP contribution in [0.5, 0.6) is 0 Å². The summed E-state index contributed by atoms with van der Waals surface area (Å²) in [5, 5.41) is 0.880. The van der Waals surface area contributed by atoms with E-state index in [-0.39, 0.29) is 5.82 Å². The number of thioether (sulfide) groups is 1. The Morgan fingerprint density at radius 2 is 1.93 bits per heavy atom. The second kappa shape index (κ2) is 8.40. The normalized spacial score (nSPS) is 18.7. The van der Waals surface area contributed by atoms with Crippen LogP contribution < -0.4 is 17.2 Å². The van der Waals surface area contributed by atoms with Gasteiger partial charge in [-0.2, -0.15) is 0 Å². The highest BCUT2D eigenvalue weighted by atomic mass is 35.5. The van der Waals surface area contributed by atoms with E-state index in [4.69, 9.17) is 28.8 Å². The van der Waals surface area contributed by atoms with E-state index in [2.05, 4.69) is 40.0 Å². The molecule has 30 heavy (non-hydrogen) atoms. The number of hydrogen-bond donors (Lipinski definition) is 3. The maximum atomic E-state index is 6.25. The Morgan fingerprint density at radius 3 is 2.70 bits per heavy atom. The molecule has 6 nitrogen and oxygen atoms in total. The molecule has 1 aromatic carbocycles. The lowest BCUT2D eigenvalue weighted by atomic mass is 9.76. The van der Waals surface area contributed by atoms with Gasteiger partial charge in [0.1, 0.15) is 5.82 Å². The first kappa shape index (κ1) is 20.9. The number of piperidine rings is 1. The lowest BCUT2D eigenvalue weighted by Gasteiger charge is -2.39. The Hall–Kier alpha value is -2.38. The van der Waals surface area contributed by atoms with Gasteiger partial charge in [-0.25, -0.2) is 9.98 Å². The van der Waals surface area contributed by atoms with Crippen LogP contribution in [0.3, 0.4) is 0 Å². The van der Waals surface area contributed by atoms with Crippen LogP contribution in [0.15, 0.2) is 51.6 Å². The van der Waals surface area contributed by atoms with Crippen LogP contribution in [-0.2, 0) is 12.8 Å². The lowest BCUT2D eigenvalue weighted by Crippen LogP contribution is -2.46. The maximum absolute atomic E-state index is 6.25. The van der Waals surface area contributed by atoms with Gasteiger partial charge in [0, 0.05) is 24.2 Å². The number of nitrogens with two attached hydrogens (primary N) is 3. The molecule has 0 amide bonds. The molecule has 1 spiro atoms. The number of aryl methyl sites for hydroxylation is 1. The molecule has 6 N–H and O–H groups in total. The van der Waals surface area contributed by atoms with E-state index >= 15 is 0 Å². The Kier molecular flexibility index (Phi) is 5.84. The molecule has 1 fully saturated rings. The van der Waals surface area contributed by atoms with Crippen molar-refractivity contribution in [1.29, 1.82) is 0 Å². The minimum atomic E-state index is 0.281. The van der Waals surface area contributed by atoms with Crippen LogP contribution in [0, 0.1) is 12.3 Å². The van der Waals surface area contributed by atoms with Crippen LogP contribution >= 0.6 is 23.4 Å². The fraction of sp³-hybridized carbons (Fsp3) is 0.364. The van der Waals surface area contributed by atoms with Gasteiger partial charge in [-0.15, -0.1) is 0 Å². The van der Waals surface area contributed by atoms with Gasteiger partial charge < -0.3 is 22.1 Å². The minimum Gasteiger partial charge on any atom is -0.392 e. The van der Waals surface area contributed by atoms with Crippen molar-refractivity contribution in [2.75, 3.05) is 18.8 Å². The van der Waals surface area contributed by atoms with Crippen molar-refractivity contribution in [2.45, 2.75) is 37.5 Å². The number of halogens is 1. The zero-order valence-electron chi connectivity index (χ0n) is 17.1. The summed E-state index contributed by atoms with van der Waals surface area (Å²) in [6, 6.07) is 8.64. The quantitative estimate of drug-likeness (QED) is 0.380. The monoisotopic (exact) mass is 442 g/mol. The van der Waals surface area contributed by atoms with Crippen molar-refractivity contribution in [2.24, 2.45) is 21.9 Å². The van der Waals surface area contributed by atoms with Crippen molar-refractivity contribution in [1.82, 2.24) is 9.88 Å². The van der Waals surface area contributed by atoms with Gasteiger partial charge in [0.05, 0.1) is 16.3 Å². The predicted octanol–water partition coefficient (Wildman–Crippen LogP) is 3.67. The van der Waals surface area contributed by atoms with Crippen molar-refractivity contribution >= 4 is 35.1 Å². The zero-order valence-corrected chi connectivity index (χ0v) is 18.6. The summed E-state index contributed by atoms with van der Waals surface area (Å²) in [5.41, 5.74) is 22.8. The van der Waals surface area contributed by atoms with Gasteiger partial charge >= 0.3 is 0 Å². The number of benzene rings is 1. The number of pyridine rings is 1. The number of hydrogen-bond acceptors (Lipinski definition) is 5. The summed E-state index contributed by atoms with van der Waals surface area (Å²) >= 11 is 7.45. The summed E-state index contributed by atoms with van der Waals surface area (Å²) in [4.78, 5) is 11.2. The predicted molar refractivity (Wildman–Crippen MR) is 125 cm³/mol. The number of anilines is 1. The maximum Gasteiger partial charge on any atom is 0.195 e. The number of likely N-dealkylation sites (tertiary alicyclic amines) is 1. The number of aromatic nitrogens is 1. The van der Waals surface area contributed by atoms with E-state index in [0.717, 1.165) is 30.8 Å². The molecule has 1 saturated heterocycles. The molecule has 1 aliphatic heterocycles. The SMILES string of the molecule is Cc1ccc2c(c1)CC1(CCN(C(N)=N/C=C(\N)Sc3ccnc(N)c3Cl)CC1)C2. The first-order valence-corrected chi connectivity index (χ1v) is 11.2. The molecule has 0 bridgehead atoms. The average Bonchev–Trinajstić information content (AvgIpc) is 3.07. The van der Waals surface area contributed by atoms with Gasteiger partial charge in [0.25, 0.3) is 0 Å². The molecule has 0 atom stereocenters. The molecule has 2 aromatic rings. The van der Waals surface area contributed by atoms with E-state index < -0.39 is 0 Å². The van der Waals surface area contributed by atoms with Crippen LogP contribution in [0.2, 0.25) is 5.02 Å². The topological polar surface area (TPSA) is 107 Å². The summed E-state index contributed by atoms with van der Waals surface area (Å²) in [6.07, 6.45) is 7.76. The molecule has 2 aliphatic rings. The molecule has 0 unspecified atom stereocenters. The van der Waals surface area contributed by atoms with Crippen LogP contribution in [0.4, 0.5) is 5.82 Å². The molecular weight excluding hydrogens is 416 g/mol. The van der Waals surface area contributed by atoms with Crippen LogP contribution in [-0.4, -0.2) is 28.9 Å². The number of guanidine groups is 1. The molecule has 158 valence electrons. The highest BCUT2D eigenvalue weighted by Gasteiger charge is 2.40. The van der Waals surface area contributed by atoms with Gasteiger partial charge in [-0.1, -0.05) is 47.1 Å². The Morgan fingerprint density at radius 1 is 1.20 bits per heavy atom. The Labute approximate surface area is 186 Å². The van der Waals surface area contributed by atoms with Gasteiger partial charge in [0.2, 0.25) is 0 Å². The van der Waals surface area contributed by atoms with Gasteiger partial charge in [-0.05, 0) is 55.2 Å². The van der Waals surface area contributed by atoms with Crippen LogP contribution in [0.1, 0.15) is 29.5 Å². The first-order chi connectivity index (χ1) is 14.3. The molecule has 1 aliphatic carbocycles. The van der Waals surface area contributed by atoms with E-state index in [9.17, 15) is 0 Å². The van der Waals surface area contributed by atoms with E-state index in [0.29, 0.717) is 21.4 Å². The fourth-order valence-corrected chi connectivity index (χ4v) is 5.32. The number of fused-ring (bicyclic) bond motifs is 1. The number of aliphatic imine (C=N–C) groups is 1. The fourth-order valence-electron chi connectivity index (χ4n) is 4.41. The average molecular weight is 443 g/mol. The van der Waals surface area contributed by atoms with Crippen molar-refractivity contribution in [3.63, 3.8) is 0 Å². The zero-order chi connectivity index (χ0) is 21.3. The molecule has 2 heterocycles. The van der Waals surface area contributed by atoms with E-state index in [1.165, 1.54) is 41.3 Å². The first-order valence-electron chi connectivity index (χ1n) is 10.1. The number of rotatable bonds is 3. The largest absolute Gasteiger partial charge is 0.392 e. The summed E-state index contributed by atoms with van der Waals surface area (Å²) in [6.45, 7) is 3.99. The highest BCUT2D eigenvalue weighted by Crippen LogP contribution is 2.44. The molecule has 0 saturated carbocycles. The number of nitrogens with zero attached hydrogens (tertiary/aromatic N) is 3. The van der Waals surface area contributed by atoms with Crippen LogP contribution in [0.25, 0.3) is 0 Å². The smallest absolute Gasteiger partial charge is 0.195 e. The third-order valence-corrected chi connectivity index (χ3v) is 7.48. The Balaban J connectivity index is 1.36. The van der Waals surface area contributed by atoms with Crippen molar-refractivity contribution in [3.8, 4) is 0 Å². The third kappa shape index (κ3) is 4.37. The van der Waals surface area contributed by atoms with Crippen molar-refractivity contribution in [3.05, 3.63) is 63.4 Å². The molecular formula is C22H27ClN6S. The molecule has 1 aromatic heterocycles. The van der Waals surface area contributed by atoms with Gasteiger partial charge in [0.15, 0.2) is 5.96 Å². The lowest BCUT2D eigenvalue weighted by molar-refractivity contribution is 0.157. The molecule has 4 rings (SSSR count). The standard InChI is InChI=1S/C22H27ClN6S/c1-14-2-3-15-11-22(12-16(15)10-14)5-8-29(9-6-22)21(26)28-13-18(24)30-17-4-7-27-20(25)19(17)23/h2-4,7,10,13H,5-6,8-9,11-12,24H2,1H3,(H2,25,27)(H2,26,28)/b18-13+. The summed E-state index contributed by atoms with van der Waals surface area (Å²) in [7, 11) is 0. The third-order valence-electron chi connectivity index (χ3n) is 6.07. The molecule has 0 radical (unpaired) electrons. The second-order valence-electron chi connectivity index (χ2n) is 8.24. The van der Waals surface area contributed by atoms with E-state index in [1.54, 1.807) is 18.5 Å².